The minimum atomic E-state index is -0.627. The number of aryl methyl sites for hydroxylation is 1. The number of hydrogen-bond donors (Lipinski definition) is 1. The Balaban J connectivity index is 1.87. The van der Waals surface area contributed by atoms with Gasteiger partial charge in [-0.2, -0.15) is 0 Å². The third kappa shape index (κ3) is 9.14. The quantitative estimate of drug-likeness (QED) is 0.303. The molecule has 0 spiro atoms. The minimum absolute atomic E-state index is 0.0439. The number of carbonyl (C=O) groups is 2. The molecule has 6 heteroatoms. The highest BCUT2D eigenvalue weighted by atomic mass is 79.9. The third-order valence-electron chi connectivity index (χ3n) is 5.59. The van der Waals surface area contributed by atoms with E-state index in [0.29, 0.717) is 18.7 Å². The van der Waals surface area contributed by atoms with E-state index in [1.54, 1.807) is 16.7 Å². The molecule has 3 aromatic rings. The van der Waals surface area contributed by atoms with Gasteiger partial charge in [0, 0.05) is 28.7 Å². The van der Waals surface area contributed by atoms with Gasteiger partial charge in [0.05, 0.1) is 5.75 Å². The van der Waals surface area contributed by atoms with Crippen LogP contribution >= 0.6 is 27.7 Å². The van der Waals surface area contributed by atoms with Gasteiger partial charge in [0.1, 0.15) is 6.04 Å². The van der Waals surface area contributed by atoms with Crippen LogP contribution in [0.3, 0.4) is 0 Å². The highest BCUT2D eigenvalue weighted by molar-refractivity contribution is 9.10. The first-order valence-corrected chi connectivity index (χ1v) is 14.1. The van der Waals surface area contributed by atoms with E-state index in [-0.39, 0.29) is 11.8 Å². The van der Waals surface area contributed by atoms with E-state index in [1.807, 2.05) is 81.4 Å². The van der Waals surface area contributed by atoms with Crippen LogP contribution in [0.4, 0.5) is 0 Å². The zero-order valence-corrected chi connectivity index (χ0v) is 23.9. The van der Waals surface area contributed by atoms with Crippen LogP contribution in [-0.4, -0.2) is 34.0 Å². The van der Waals surface area contributed by atoms with Crippen LogP contribution in [0.15, 0.2) is 83.3 Å². The van der Waals surface area contributed by atoms with Crippen LogP contribution < -0.4 is 5.32 Å². The van der Waals surface area contributed by atoms with E-state index in [2.05, 4.69) is 46.4 Å². The fourth-order valence-corrected chi connectivity index (χ4v) is 5.28. The Morgan fingerprint density at radius 1 is 0.917 bits per heavy atom. The first kappa shape index (κ1) is 28.0. The second kappa shape index (κ2) is 13.1. The molecule has 4 nitrogen and oxygen atoms in total. The van der Waals surface area contributed by atoms with Crippen LogP contribution in [0.1, 0.15) is 43.0 Å². The molecule has 0 unspecified atom stereocenters. The molecule has 0 aliphatic heterocycles. The van der Waals surface area contributed by atoms with Gasteiger partial charge in [-0.1, -0.05) is 88.2 Å². The molecule has 190 valence electrons. The summed E-state index contributed by atoms with van der Waals surface area (Å²) in [6.45, 7) is 8.31. The minimum Gasteiger partial charge on any atom is -0.350 e. The largest absolute Gasteiger partial charge is 0.350 e. The van der Waals surface area contributed by atoms with Crippen molar-refractivity contribution in [1.82, 2.24) is 10.2 Å². The molecule has 0 aliphatic rings. The Kier molecular flexibility index (Phi) is 10.2. The Bertz CT molecular complexity index is 1160. The number of rotatable bonds is 10. The predicted octanol–water partition coefficient (Wildman–Crippen LogP) is 6.55. The fourth-order valence-electron chi connectivity index (χ4n) is 3.98. The average molecular weight is 568 g/mol. The van der Waals surface area contributed by atoms with E-state index in [4.69, 9.17) is 0 Å². The molecule has 0 aliphatic carbocycles. The molecule has 0 bridgehead atoms. The number of carbonyl (C=O) groups excluding carboxylic acids is 2. The lowest BCUT2D eigenvalue weighted by atomic mass is 10.0. The summed E-state index contributed by atoms with van der Waals surface area (Å²) in [6, 6.07) is 25.5. The molecule has 1 atom stereocenters. The van der Waals surface area contributed by atoms with Gasteiger partial charge in [-0.05, 0) is 56.5 Å². The van der Waals surface area contributed by atoms with Gasteiger partial charge in [-0.25, -0.2) is 0 Å². The number of thioether (sulfide) groups is 1. The SMILES string of the molecule is Cc1cccc(CSCC(=O)N(Cc2cccc(Br)c2)[C@@H](Cc2ccccc2)C(=O)NC(C)(C)C)c1. The Labute approximate surface area is 228 Å². The zero-order valence-electron chi connectivity index (χ0n) is 21.5. The van der Waals surface area contributed by atoms with Gasteiger partial charge in [-0.3, -0.25) is 9.59 Å². The molecule has 2 amide bonds. The number of amides is 2. The van der Waals surface area contributed by atoms with Crippen molar-refractivity contribution in [3.8, 4) is 0 Å². The van der Waals surface area contributed by atoms with Crippen molar-refractivity contribution in [3.63, 3.8) is 0 Å². The maximum atomic E-state index is 13.7. The van der Waals surface area contributed by atoms with Gasteiger partial charge in [0.15, 0.2) is 0 Å². The monoisotopic (exact) mass is 566 g/mol. The molecule has 0 heterocycles. The number of nitrogens with zero attached hydrogens (tertiary/aromatic N) is 1. The lowest BCUT2D eigenvalue weighted by molar-refractivity contribution is -0.140. The fraction of sp³-hybridized carbons (Fsp3) is 0.333. The summed E-state index contributed by atoms with van der Waals surface area (Å²) in [6.07, 6.45) is 0.449. The van der Waals surface area contributed by atoms with Crippen LogP contribution in [-0.2, 0) is 28.3 Å². The average Bonchev–Trinajstić information content (AvgIpc) is 2.81. The van der Waals surface area contributed by atoms with Crippen molar-refractivity contribution >= 4 is 39.5 Å². The summed E-state index contributed by atoms with van der Waals surface area (Å²) in [5, 5.41) is 3.11. The molecule has 3 rings (SSSR count). The number of nitrogens with one attached hydrogen (secondary N) is 1. The molecule has 36 heavy (non-hydrogen) atoms. The lowest BCUT2D eigenvalue weighted by Crippen LogP contribution is -2.54. The second-order valence-electron chi connectivity index (χ2n) is 10.1. The highest BCUT2D eigenvalue weighted by Crippen LogP contribution is 2.21. The third-order valence-corrected chi connectivity index (χ3v) is 7.07. The van der Waals surface area contributed by atoms with E-state index < -0.39 is 11.6 Å². The van der Waals surface area contributed by atoms with Crippen molar-refractivity contribution in [1.29, 1.82) is 0 Å². The van der Waals surface area contributed by atoms with Crippen molar-refractivity contribution in [2.45, 2.75) is 58.0 Å². The lowest BCUT2D eigenvalue weighted by Gasteiger charge is -2.34. The maximum Gasteiger partial charge on any atom is 0.243 e. The van der Waals surface area contributed by atoms with Gasteiger partial charge in [-0.15, -0.1) is 11.8 Å². The molecular formula is C30H35BrN2O2S. The van der Waals surface area contributed by atoms with E-state index >= 15 is 0 Å². The number of benzene rings is 3. The topological polar surface area (TPSA) is 49.4 Å². The second-order valence-corrected chi connectivity index (χ2v) is 12.0. The van der Waals surface area contributed by atoms with Crippen molar-refractivity contribution in [2.75, 3.05) is 5.75 Å². The summed E-state index contributed by atoms with van der Waals surface area (Å²) in [4.78, 5) is 29.0. The molecule has 3 aromatic carbocycles. The van der Waals surface area contributed by atoms with Crippen LogP contribution in [0, 0.1) is 6.92 Å². The standard InChI is InChI=1S/C30H35BrN2O2S/c1-22-10-8-14-25(16-22)20-36-21-28(34)33(19-24-13-9-15-26(31)17-24)27(29(35)32-30(2,3)4)18-23-11-6-5-7-12-23/h5-17,27H,18-21H2,1-4H3,(H,32,35)/t27-/m0/s1. The Hall–Kier alpha value is -2.57. The molecule has 1 N–H and O–H groups in total. The summed E-state index contributed by atoms with van der Waals surface area (Å²) in [7, 11) is 0. The van der Waals surface area contributed by atoms with Crippen LogP contribution in [0.2, 0.25) is 0 Å². The summed E-state index contributed by atoms with van der Waals surface area (Å²) in [5.74, 6) is 0.863. The van der Waals surface area contributed by atoms with Crippen LogP contribution in [0.25, 0.3) is 0 Å². The number of hydrogen-bond acceptors (Lipinski definition) is 3. The van der Waals surface area contributed by atoms with Crippen molar-refractivity contribution < 1.29 is 9.59 Å². The highest BCUT2D eigenvalue weighted by Gasteiger charge is 2.32. The van der Waals surface area contributed by atoms with E-state index in [1.165, 1.54) is 11.1 Å². The summed E-state index contributed by atoms with van der Waals surface area (Å²) >= 11 is 5.12. The summed E-state index contributed by atoms with van der Waals surface area (Å²) in [5.41, 5.74) is 3.99. The van der Waals surface area contributed by atoms with Gasteiger partial charge in [0.25, 0.3) is 0 Å². The molecule has 0 saturated heterocycles. The number of halogens is 1. The van der Waals surface area contributed by atoms with Gasteiger partial charge < -0.3 is 10.2 Å². The molecule has 0 saturated carbocycles. The Morgan fingerprint density at radius 2 is 1.58 bits per heavy atom. The van der Waals surface area contributed by atoms with Gasteiger partial charge >= 0.3 is 0 Å². The zero-order chi connectivity index (χ0) is 26.1. The van der Waals surface area contributed by atoms with Crippen LogP contribution in [0.5, 0.6) is 0 Å². The predicted molar refractivity (Wildman–Crippen MR) is 154 cm³/mol. The van der Waals surface area contributed by atoms with E-state index in [9.17, 15) is 9.59 Å². The molecule has 0 fully saturated rings. The molecular weight excluding hydrogens is 532 g/mol. The summed E-state index contributed by atoms with van der Waals surface area (Å²) < 4.78 is 0.944. The first-order chi connectivity index (χ1) is 17.1. The smallest absolute Gasteiger partial charge is 0.243 e. The molecule has 0 radical (unpaired) electrons. The first-order valence-electron chi connectivity index (χ1n) is 12.1. The van der Waals surface area contributed by atoms with Crippen molar-refractivity contribution in [2.24, 2.45) is 0 Å². The van der Waals surface area contributed by atoms with Gasteiger partial charge in [0.2, 0.25) is 11.8 Å². The van der Waals surface area contributed by atoms with Crippen molar-refractivity contribution in [3.05, 3.63) is 106 Å². The Morgan fingerprint density at radius 3 is 2.25 bits per heavy atom. The molecule has 0 aromatic heterocycles. The van der Waals surface area contributed by atoms with E-state index in [0.717, 1.165) is 21.4 Å². The normalized spacial score (nSPS) is 12.1. The maximum absolute atomic E-state index is 13.7.